The lowest BCUT2D eigenvalue weighted by atomic mass is 9.98. The molecule has 0 aromatic heterocycles. The van der Waals surface area contributed by atoms with E-state index in [1.165, 1.54) is 0 Å². The largest absolute Gasteiger partial charge is 0.461 e. The standard InChI is InChI=1S/C17H18ClNO2/c1-12(14-4-8-16(19)9-5-14)10-17(20)21-11-13-2-6-15(18)7-3-13/h2-9,12H,10-11,19H2,1H3. The van der Waals surface area contributed by atoms with Gasteiger partial charge in [-0.25, -0.2) is 0 Å². The van der Waals surface area contributed by atoms with E-state index in [-0.39, 0.29) is 18.5 Å². The van der Waals surface area contributed by atoms with Crippen LogP contribution in [0.1, 0.15) is 30.4 Å². The third kappa shape index (κ3) is 4.80. The lowest BCUT2D eigenvalue weighted by Crippen LogP contribution is -2.08. The highest BCUT2D eigenvalue weighted by Crippen LogP contribution is 2.21. The predicted octanol–water partition coefficient (Wildman–Crippen LogP) is 4.16. The van der Waals surface area contributed by atoms with Crippen molar-refractivity contribution in [1.29, 1.82) is 0 Å². The van der Waals surface area contributed by atoms with Gasteiger partial charge in [-0.3, -0.25) is 4.79 Å². The Bertz CT molecular complexity index is 593. The monoisotopic (exact) mass is 303 g/mol. The zero-order valence-corrected chi connectivity index (χ0v) is 12.6. The number of carbonyl (C=O) groups excluding carboxylic acids is 1. The van der Waals surface area contributed by atoms with Crippen molar-refractivity contribution in [2.24, 2.45) is 0 Å². The molecule has 0 amide bonds. The summed E-state index contributed by atoms with van der Waals surface area (Å²) in [5.41, 5.74) is 8.37. The second-order valence-electron chi connectivity index (χ2n) is 5.06. The molecule has 2 aromatic carbocycles. The molecule has 0 saturated carbocycles. The number of halogens is 1. The van der Waals surface area contributed by atoms with Crippen molar-refractivity contribution in [2.75, 3.05) is 5.73 Å². The number of hydrogen-bond donors (Lipinski definition) is 1. The first kappa shape index (κ1) is 15.4. The summed E-state index contributed by atoms with van der Waals surface area (Å²) in [6.07, 6.45) is 0.345. The maximum atomic E-state index is 11.9. The Morgan fingerprint density at radius 2 is 1.76 bits per heavy atom. The van der Waals surface area contributed by atoms with Gasteiger partial charge in [-0.15, -0.1) is 0 Å². The summed E-state index contributed by atoms with van der Waals surface area (Å²) < 4.78 is 5.28. The Kier molecular flexibility index (Phi) is 5.23. The number of anilines is 1. The first-order valence-electron chi connectivity index (χ1n) is 6.80. The summed E-state index contributed by atoms with van der Waals surface area (Å²) >= 11 is 5.81. The highest BCUT2D eigenvalue weighted by molar-refractivity contribution is 6.30. The smallest absolute Gasteiger partial charge is 0.306 e. The SMILES string of the molecule is CC(CC(=O)OCc1ccc(Cl)cc1)c1ccc(N)cc1. The van der Waals surface area contributed by atoms with Gasteiger partial charge in [0.15, 0.2) is 0 Å². The lowest BCUT2D eigenvalue weighted by molar-refractivity contribution is -0.145. The maximum Gasteiger partial charge on any atom is 0.306 e. The van der Waals surface area contributed by atoms with Crippen LogP contribution in [-0.4, -0.2) is 5.97 Å². The fourth-order valence-corrected chi connectivity index (χ4v) is 2.12. The molecule has 2 aromatic rings. The fourth-order valence-electron chi connectivity index (χ4n) is 2.00. The predicted molar refractivity (Wildman–Crippen MR) is 85.1 cm³/mol. The molecule has 2 rings (SSSR count). The minimum atomic E-state index is -0.214. The van der Waals surface area contributed by atoms with E-state index >= 15 is 0 Å². The van der Waals surface area contributed by atoms with Crippen LogP contribution in [0, 0.1) is 0 Å². The second-order valence-corrected chi connectivity index (χ2v) is 5.50. The van der Waals surface area contributed by atoms with Crippen LogP contribution in [0.5, 0.6) is 0 Å². The molecule has 0 bridgehead atoms. The summed E-state index contributed by atoms with van der Waals surface area (Å²) in [6.45, 7) is 2.26. The number of nitrogens with two attached hydrogens (primary N) is 1. The van der Waals surface area contributed by atoms with Crippen molar-refractivity contribution in [1.82, 2.24) is 0 Å². The second kappa shape index (κ2) is 7.14. The molecule has 1 atom stereocenters. The molecule has 1 unspecified atom stereocenters. The van der Waals surface area contributed by atoms with E-state index in [0.29, 0.717) is 11.4 Å². The minimum absolute atomic E-state index is 0.100. The maximum absolute atomic E-state index is 11.9. The highest BCUT2D eigenvalue weighted by Gasteiger charge is 2.12. The van der Waals surface area contributed by atoms with E-state index in [1.807, 2.05) is 43.3 Å². The van der Waals surface area contributed by atoms with Gasteiger partial charge in [-0.05, 0) is 41.3 Å². The molecule has 2 N–H and O–H groups in total. The van der Waals surface area contributed by atoms with E-state index in [1.54, 1.807) is 12.1 Å². The Morgan fingerprint density at radius 1 is 1.14 bits per heavy atom. The molecular formula is C17H18ClNO2. The van der Waals surface area contributed by atoms with Gasteiger partial charge in [0.2, 0.25) is 0 Å². The molecule has 110 valence electrons. The highest BCUT2D eigenvalue weighted by atomic mass is 35.5. The summed E-state index contributed by atoms with van der Waals surface area (Å²) in [6, 6.07) is 14.8. The molecular weight excluding hydrogens is 286 g/mol. The Morgan fingerprint density at radius 3 is 2.38 bits per heavy atom. The van der Waals surface area contributed by atoms with Crippen molar-refractivity contribution in [2.45, 2.75) is 25.9 Å². The molecule has 0 aliphatic carbocycles. The first-order chi connectivity index (χ1) is 10.0. The van der Waals surface area contributed by atoms with E-state index in [9.17, 15) is 4.79 Å². The molecule has 0 spiro atoms. The molecule has 21 heavy (non-hydrogen) atoms. The number of ether oxygens (including phenoxy) is 1. The van der Waals surface area contributed by atoms with Crippen LogP contribution in [0.25, 0.3) is 0 Å². The molecule has 0 fully saturated rings. The number of nitrogen functional groups attached to an aromatic ring is 1. The van der Waals surface area contributed by atoms with Crippen LogP contribution < -0.4 is 5.73 Å². The van der Waals surface area contributed by atoms with Gasteiger partial charge >= 0.3 is 5.97 Å². The molecule has 0 aliphatic heterocycles. The van der Waals surface area contributed by atoms with E-state index in [0.717, 1.165) is 16.8 Å². The number of carbonyl (C=O) groups is 1. The Balaban J connectivity index is 1.83. The van der Waals surface area contributed by atoms with Crippen LogP contribution in [0.3, 0.4) is 0 Å². The number of benzene rings is 2. The summed E-state index contributed by atoms with van der Waals surface area (Å²) in [4.78, 5) is 11.9. The molecule has 3 nitrogen and oxygen atoms in total. The van der Waals surface area contributed by atoms with Gasteiger partial charge in [0.05, 0.1) is 6.42 Å². The van der Waals surface area contributed by atoms with Crippen LogP contribution >= 0.6 is 11.6 Å². The van der Waals surface area contributed by atoms with Gasteiger partial charge in [0, 0.05) is 10.7 Å². The number of hydrogen-bond acceptors (Lipinski definition) is 3. The van der Waals surface area contributed by atoms with Gasteiger partial charge in [-0.2, -0.15) is 0 Å². The van der Waals surface area contributed by atoms with Crippen molar-refractivity contribution >= 4 is 23.3 Å². The molecule has 0 radical (unpaired) electrons. The average Bonchev–Trinajstić information content (AvgIpc) is 2.47. The third-order valence-corrected chi connectivity index (χ3v) is 3.54. The van der Waals surface area contributed by atoms with Crippen molar-refractivity contribution in [3.05, 3.63) is 64.7 Å². The quantitative estimate of drug-likeness (QED) is 0.666. The molecule has 0 saturated heterocycles. The van der Waals surface area contributed by atoms with Crippen LogP contribution in [0.4, 0.5) is 5.69 Å². The zero-order chi connectivity index (χ0) is 15.2. The minimum Gasteiger partial charge on any atom is -0.461 e. The van der Waals surface area contributed by atoms with Gasteiger partial charge in [-0.1, -0.05) is 42.8 Å². The van der Waals surface area contributed by atoms with E-state index in [4.69, 9.17) is 22.1 Å². The fraction of sp³-hybridized carbons (Fsp3) is 0.235. The zero-order valence-electron chi connectivity index (χ0n) is 11.9. The Hall–Kier alpha value is -2.00. The number of esters is 1. The van der Waals surface area contributed by atoms with Crippen LogP contribution in [0.2, 0.25) is 5.02 Å². The third-order valence-electron chi connectivity index (χ3n) is 3.29. The number of rotatable bonds is 5. The lowest BCUT2D eigenvalue weighted by Gasteiger charge is -2.12. The van der Waals surface area contributed by atoms with E-state index in [2.05, 4.69) is 0 Å². The average molecular weight is 304 g/mol. The summed E-state index contributed by atoms with van der Waals surface area (Å²) in [5.74, 6) is -0.113. The van der Waals surface area contributed by atoms with Crippen LogP contribution in [0.15, 0.2) is 48.5 Å². The first-order valence-corrected chi connectivity index (χ1v) is 7.18. The van der Waals surface area contributed by atoms with Crippen molar-refractivity contribution in [3.63, 3.8) is 0 Å². The van der Waals surface area contributed by atoms with Gasteiger partial charge < -0.3 is 10.5 Å². The van der Waals surface area contributed by atoms with E-state index < -0.39 is 0 Å². The molecule has 0 heterocycles. The van der Waals surface area contributed by atoms with Gasteiger partial charge in [0.25, 0.3) is 0 Å². The van der Waals surface area contributed by atoms with Crippen molar-refractivity contribution in [3.8, 4) is 0 Å². The molecule has 4 heteroatoms. The topological polar surface area (TPSA) is 52.3 Å². The Labute approximate surface area is 129 Å². The summed E-state index contributed by atoms with van der Waals surface area (Å²) in [7, 11) is 0. The van der Waals surface area contributed by atoms with Crippen molar-refractivity contribution < 1.29 is 9.53 Å². The normalized spacial score (nSPS) is 11.9. The van der Waals surface area contributed by atoms with Crippen LogP contribution in [-0.2, 0) is 16.1 Å². The van der Waals surface area contributed by atoms with Gasteiger partial charge in [0.1, 0.15) is 6.61 Å². The molecule has 0 aliphatic rings. The summed E-state index contributed by atoms with van der Waals surface area (Å²) in [5, 5.41) is 0.669.